The standard InChI is InChI=1S/C9H10BrNO4/c1-14-4-5-15-7-2-3-9(11(12)13)8(10)6-7/h2-3,6H,4-5H2,1H3. The molecule has 0 aromatic heterocycles. The van der Waals surface area contributed by atoms with Crippen LogP contribution in [0, 0.1) is 10.1 Å². The number of ether oxygens (including phenoxy) is 2. The molecule has 5 nitrogen and oxygen atoms in total. The van der Waals surface area contributed by atoms with E-state index < -0.39 is 4.92 Å². The Kier molecular flexibility index (Phi) is 4.51. The van der Waals surface area contributed by atoms with Crippen LogP contribution in [-0.4, -0.2) is 25.2 Å². The molecule has 0 heterocycles. The Morgan fingerprint density at radius 2 is 2.20 bits per heavy atom. The van der Waals surface area contributed by atoms with Crippen LogP contribution < -0.4 is 4.74 Å². The summed E-state index contributed by atoms with van der Waals surface area (Å²) in [5.74, 6) is 0.574. The van der Waals surface area contributed by atoms with Crippen LogP contribution in [0.2, 0.25) is 0 Å². The van der Waals surface area contributed by atoms with Crippen molar-refractivity contribution in [1.82, 2.24) is 0 Å². The summed E-state index contributed by atoms with van der Waals surface area (Å²) >= 11 is 3.10. The number of hydrogen-bond acceptors (Lipinski definition) is 4. The summed E-state index contributed by atoms with van der Waals surface area (Å²) < 4.78 is 10.5. The summed E-state index contributed by atoms with van der Waals surface area (Å²) in [6, 6.07) is 4.51. The first-order chi connectivity index (χ1) is 7.15. The first-order valence-corrected chi connectivity index (χ1v) is 5.00. The Labute approximate surface area is 95.3 Å². The van der Waals surface area contributed by atoms with Crippen LogP contribution in [0.15, 0.2) is 22.7 Å². The molecule has 0 fully saturated rings. The lowest BCUT2D eigenvalue weighted by atomic mass is 10.3. The number of nitrogens with zero attached hydrogens (tertiary/aromatic N) is 1. The van der Waals surface area contributed by atoms with Crippen LogP contribution in [0.5, 0.6) is 5.75 Å². The number of methoxy groups -OCH3 is 1. The monoisotopic (exact) mass is 275 g/mol. The average molecular weight is 276 g/mol. The smallest absolute Gasteiger partial charge is 0.283 e. The largest absolute Gasteiger partial charge is 0.491 e. The van der Waals surface area contributed by atoms with Crippen LogP contribution in [0.25, 0.3) is 0 Å². The van der Waals surface area contributed by atoms with Gasteiger partial charge >= 0.3 is 0 Å². The highest BCUT2D eigenvalue weighted by molar-refractivity contribution is 9.10. The summed E-state index contributed by atoms with van der Waals surface area (Å²) in [5.41, 5.74) is 0.0223. The van der Waals surface area contributed by atoms with E-state index in [-0.39, 0.29) is 5.69 Å². The van der Waals surface area contributed by atoms with Crippen molar-refractivity contribution in [1.29, 1.82) is 0 Å². The lowest BCUT2D eigenvalue weighted by Crippen LogP contribution is -2.04. The van der Waals surface area contributed by atoms with E-state index in [2.05, 4.69) is 15.9 Å². The van der Waals surface area contributed by atoms with E-state index in [1.165, 1.54) is 6.07 Å². The van der Waals surface area contributed by atoms with Crippen LogP contribution in [-0.2, 0) is 4.74 Å². The van der Waals surface area contributed by atoms with E-state index in [9.17, 15) is 10.1 Å². The van der Waals surface area contributed by atoms with Gasteiger partial charge < -0.3 is 9.47 Å². The molecule has 0 amide bonds. The molecule has 6 heteroatoms. The third kappa shape index (κ3) is 3.49. The minimum Gasteiger partial charge on any atom is -0.491 e. The second-order valence-corrected chi connectivity index (χ2v) is 3.57. The summed E-state index contributed by atoms with van der Waals surface area (Å²) in [6.07, 6.45) is 0. The molecule has 0 aliphatic carbocycles. The van der Waals surface area contributed by atoms with Gasteiger partial charge in [0.2, 0.25) is 0 Å². The molecular formula is C9H10BrNO4. The lowest BCUT2D eigenvalue weighted by Gasteiger charge is -2.05. The fraction of sp³-hybridized carbons (Fsp3) is 0.333. The van der Waals surface area contributed by atoms with Crippen molar-refractivity contribution in [3.8, 4) is 5.75 Å². The highest BCUT2D eigenvalue weighted by atomic mass is 79.9. The Hall–Kier alpha value is -1.14. The molecule has 0 aliphatic heterocycles. The van der Waals surface area contributed by atoms with Gasteiger partial charge in [-0.25, -0.2) is 0 Å². The number of halogens is 1. The Morgan fingerprint density at radius 1 is 1.47 bits per heavy atom. The van der Waals surface area contributed by atoms with Crippen molar-refractivity contribution in [2.24, 2.45) is 0 Å². The minimum atomic E-state index is -0.455. The highest BCUT2D eigenvalue weighted by Crippen LogP contribution is 2.28. The molecule has 0 spiro atoms. The van der Waals surface area contributed by atoms with Gasteiger partial charge in [-0.1, -0.05) is 0 Å². The maximum Gasteiger partial charge on any atom is 0.283 e. The first kappa shape index (κ1) is 11.9. The van der Waals surface area contributed by atoms with Crippen LogP contribution >= 0.6 is 15.9 Å². The summed E-state index contributed by atoms with van der Waals surface area (Å²) in [7, 11) is 1.58. The number of hydrogen-bond donors (Lipinski definition) is 0. The SMILES string of the molecule is COCCOc1ccc([N+](=O)[O-])c(Br)c1. The van der Waals surface area contributed by atoms with Gasteiger partial charge in [0.1, 0.15) is 12.4 Å². The molecule has 1 rings (SSSR count). The maximum atomic E-state index is 10.5. The molecule has 15 heavy (non-hydrogen) atoms. The van der Waals surface area contributed by atoms with Crippen molar-refractivity contribution >= 4 is 21.6 Å². The predicted octanol–water partition coefficient (Wildman–Crippen LogP) is 2.38. The minimum absolute atomic E-state index is 0.0223. The molecule has 0 atom stereocenters. The van der Waals surface area contributed by atoms with Gasteiger partial charge in [0, 0.05) is 19.2 Å². The van der Waals surface area contributed by atoms with E-state index in [1.54, 1.807) is 19.2 Å². The van der Waals surface area contributed by atoms with Crippen LogP contribution in [0.3, 0.4) is 0 Å². The number of nitro benzene ring substituents is 1. The third-order valence-corrected chi connectivity index (χ3v) is 2.31. The van der Waals surface area contributed by atoms with Crippen LogP contribution in [0.1, 0.15) is 0 Å². The molecule has 0 saturated carbocycles. The molecule has 0 unspecified atom stereocenters. The van der Waals surface area contributed by atoms with Gasteiger partial charge in [0.05, 0.1) is 16.0 Å². The van der Waals surface area contributed by atoms with Gasteiger partial charge in [-0.05, 0) is 22.0 Å². The number of rotatable bonds is 5. The quantitative estimate of drug-likeness (QED) is 0.470. The third-order valence-electron chi connectivity index (χ3n) is 1.67. The topological polar surface area (TPSA) is 61.6 Å². The summed E-state index contributed by atoms with van der Waals surface area (Å²) in [5, 5.41) is 10.5. The molecule has 1 aromatic carbocycles. The number of nitro groups is 1. The van der Waals surface area contributed by atoms with E-state index in [0.29, 0.717) is 23.4 Å². The van der Waals surface area contributed by atoms with E-state index in [0.717, 1.165) is 0 Å². The zero-order valence-corrected chi connectivity index (χ0v) is 9.69. The lowest BCUT2D eigenvalue weighted by molar-refractivity contribution is -0.385. The number of benzene rings is 1. The molecule has 0 N–H and O–H groups in total. The highest BCUT2D eigenvalue weighted by Gasteiger charge is 2.11. The van der Waals surface area contributed by atoms with Crippen molar-refractivity contribution < 1.29 is 14.4 Å². The van der Waals surface area contributed by atoms with Gasteiger partial charge in [-0.2, -0.15) is 0 Å². The zero-order valence-electron chi connectivity index (χ0n) is 8.10. The van der Waals surface area contributed by atoms with Crippen molar-refractivity contribution in [3.63, 3.8) is 0 Å². The Bertz CT molecular complexity index is 356. The van der Waals surface area contributed by atoms with E-state index in [1.807, 2.05) is 0 Å². The van der Waals surface area contributed by atoms with Crippen molar-refractivity contribution in [2.45, 2.75) is 0 Å². The second kappa shape index (κ2) is 5.67. The zero-order chi connectivity index (χ0) is 11.3. The normalized spacial score (nSPS) is 10.0. The fourth-order valence-electron chi connectivity index (χ4n) is 0.968. The van der Waals surface area contributed by atoms with E-state index in [4.69, 9.17) is 9.47 Å². The first-order valence-electron chi connectivity index (χ1n) is 4.21. The Morgan fingerprint density at radius 3 is 2.73 bits per heavy atom. The fourth-order valence-corrected chi connectivity index (χ4v) is 1.47. The van der Waals surface area contributed by atoms with Gasteiger partial charge in [-0.3, -0.25) is 10.1 Å². The molecular weight excluding hydrogens is 266 g/mol. The van der Waals surface area contributed by atoms with Crippen molar-refractivity contribution in [2.75, 3.05) is 20.3 Å². The maximum absolute atomic E-state index is 10.5. The van der Waals surface area contributed by atoms with Crippen molar-refractivity contribution in [3.05, 3.63) is 32.8 Å². The molecule has 0 bridgehead atoms. The van der Waals surface area contributed by atoms with Gasteiger partial charge in [-0.15, -0.1) is 0 Å². The molecule has 0 saturated heterocycles. The summed E-state index contributed by atoms with van der Waals surface area (Å²) in [6.45, 7) is 0.898. The van der Waals surface area contributed by atoms with E-state index >= 15 is 0 Å². The van der Waals surface area contributed by atoms with Gasteiger partial charge in [0.15, 0.2) is 0 Å². The summed E-state index contributed by atoms with van der Waals surface area (Å²) in [4.78, 5) is 10.1. The van der Waals surface area contributed by atoms with Crippen LogP contribution in [0.4, 0.5) is 5.69 Å². The molecule has 82 valence electrons. The molecule has 1 aromatic rings. The predicted molar refractivity (Wildman–Crippen MR) is 58.2 cm³/mol. The molecule has 0 radical (unpaired) electrons. The second-order valence-electron chi connectivity index (χ2n) is 2.71. The molecule has 0 aliphatic rings. The Balaban J connectivity index is 2.69. The average Bonchev–Trinajstić information content (AvgIpc) is 2.17. The van der Waals surface area contributed by atoms with Gasteiger partial charge in [0.25, 0.3) is 5.69 Å².